The average Bonchev–Trinajstić information content (AvgIpc) is 3.16. The second-order valence-corrected chi connectivity index (χ2v) is 9.53. The van der Waals surface area contributed by atoms with E-state index in [2.05, 4.69) is 12.2 Å². The second kappa shape index (κ2) is 10.4. The number of carbonyl (C=O) groups is 3. The summed E-state index contributed by atoms with van der Waals surface area (Å²) in [4.78, 5) is 40.1. The number of imide groups is 1. The summed E-state index contributed by atoms with van der Waals surface area (Å²) in [5, 5.41) is 2.31. The number of amides is 3. The monoisotopic (exact) mass is 501 g/mol. The molecule has 2 aromatic rings. The summed E-state index contributed by atoms with van der Waals surface area (Å²) in [6.45, 7) is 5.79. The molecule has 0 bridgehead atoms. The average molecular weight is 502 g/mol. The molecular weight excluding hydrogens is 471 g/mol. The lowest BCUT2D eigenvalue weighted by atomic mass is 9.94. The highest BCUT2D eigenvalue weighted by atomic mass is 19.4. The topological polar surface area (TPSA) is 69.7 Å². The highest BCUT2D eigenvalue weighted by Crippen LogP contribution is 2.33. The Labute approximate surface area is 208 Å². The highest BCUT2D eigenvalue weighted by Gasteiger charge is 2.39. The molecule has 2 aliphatic heterocycles. The van der Waals surface area contributed by atoms with Crippen LogP contribution in [0.25, 0.3) is 0 Å². The van der Waals surface area contributed by atoms with Crippen molar-refractivity contribution in [1.29, 1.82) is 0 Å². The minimum atomic E-state index is -4.38. The highest BCUT2D eigenvalue weighted by molar-refractivity contribution is 6.05. The Bertz CT molecular complexity index is 1160. The zero-order valence-electron chi connectivity index (χ0n) is 20.4. The Morgan fingerprint density at radius 3 is 2.58 bits per heavy atom. The molecule has 4 rings (SSSR count). The number of nitrogens with one attached hydrogen (secondary N) is 1. The van der Waals surface area contributed by atoms with Gasteiger partial charge in [-0.2, -0.15) is 13.2 Å². The van der Waals surface area contributed by atoms with Crippen LogP contribution in [0.4, 0.5) is 13.2 Å². The quantitative estimate of drug-likeness (QED) is 0.542. The van der Waals surface area contributed by atoms with Gasteiger partial charge in [0.05, 0.1) is 5.56 Å². The van der Waals surface area contributed by atoms with Crippen molar-refractivity contribution in [3.05, 3.63) is 70.3 Å². The molecule has 0 aliphatic carbocycles. The summed E-state index contributed by atoms with van der Waals surface area (Å²) in [5.74, 6) is -0.839. The predicted octanol–water partition coefficient (Wildman–Crippen LogP) is 4.48. The van der Waals surface area contributed by atoms with E-state index in [9.17, 15) is 27.6 Å². The van der Waals surface area contributed by atoms with Gasteiger partial charge in [0.1, 0.15) is 6.04 Å². The van der Waals surface area contributed by atoms with Crippen LogP contribution >= 0.6 is 0 Å². The number of carbonyl (C=O) groups excluding carboxylic acids is 3. The maximum atomic E-state index is 13.4. The van der Waals surface area contributed by atoms with E-state index in [1.807, 2.05) is 24.0 Å². The molecule has 9 heteroatoms. The lowest BCUT2D eigenvalue weighted by molar-refractivity contribution is -0.139. The Balaban J connectivity index is 1.40. The van der Waals surface area contributed by atoms with Crippen molar-refractivity contribution in [2.24, 2.45) is 0 Å². The lowest BCUT2D eigenvalue weighted by Gasteiger charge is -2.29. The van der Waals surface area contributed by atoms with Crippen LogP contribution in [0.1, 0.15) is 71.6 Å². The summed E-state index contributed by atoms with van der Waals surface area (Å²) in [6.07, 6.45) is -3.11. The molecule has 2 atom stereocenters. The van der Waals surface area contributed by atoms with Crippen LogP contribution in [-0.2, 0) is 28.9 Å². The predicted molar refractivity (Wildman–Crippen MR) is 128 cm³/mol. The van der Waals surface area contributed by atoms with Crippen molar-refractivity contribution >= 4 is 17.7 Å². The minimum absolute atomic E-state index is 0.127. The van der Waals surface area contributed by atoms with Crippen molar-refractivity contribution in [2.75, 3.05) is 13.1 Å². The van der Waals surface area contributed by atoms with Crippen molar-refractivity contribution in [2.45, 2.75) is 64.3 Å². The summed E-state index contributed by atoms with van der Waals surface area (Å²) in [6, 6.07) is 10.7. The van der Waals surface area contributed by atoms with Gasteiger partial charge in [0.25, 0.3) is 5.91 Å². The van der Waals surface area contributed by atoms with Crippen molar-refractivity contribution in [3.63, 3.8) is 0 Å². The zero-order valence-corrected chi connectivity index (χ0v) is 20.4. The Kier molecular flexibility index (Phi) is 7.49. The fourth-order valence-electron chi connectivity index (χ4n) is 4.97. The smallest absolute Gasteiger partial charge is 0.322 e. The zero-order chi connectivity index (χ0) is 26.0. The number of nitrogens with zero attached hydrogens (tertiary/aromatic N) is 2. The largest absolute Gasteiger partial charge is 0.416 e. The van der Waals surface area contributed by atoms with E-state index in [1.165, 1.54) is 17.0 Å². The van der Waals surface area contributed by atoms with Crippen LogP contribution < -0.4 is 5.32 Å². The number of hydrogen-bond acceptors (Lipinski definition) is 4. The van der Waals surface area contributed by atoms with Gasteiger partial charge in [-0.3, -0.25) is 24.6 Å². The van der Waals surface area contributed by atoms with Crippen LogP contribution in [0.15, 0.2) is 42.5 Å². The van der Waals surface area contributed by atoms with Crippen LogP contribution in [0.3, 0.4) is 0 Å². The number of benzene rings is 2. The number of halogens is 3. The first kappa shape index (κ1) is 25.9. The van der Waals surface area contributed by atoms with Gasteiger partial charge in [-0.1, -0.05) is 44.2 Å². The second-order valence-electron chi connectivity index (χ2n) is 9.53. The van der Waals surface area contributed by atoms with Gasteiger partial charge in [0.15, 0.2) is 0 Å². The van der Waals surface area contributed by atoms with Gasteiger partial charge < -0.3 is 4.90 Å². The molecule has 2 aromatic carbocycles. The van der Waals surface area contributed by atoms with E-state index in [0.717, 1.165) is 23.6 Å². The van der Waals surface area contributed by atoms with Gasteiger partial charge in [-0.15, -0.1) is 0 Å². The molecule has 1 saturated heterocycles. The minimum Gasteiger partial charge on any atom is -0.322 e. The van der Waals surface area contributed by atoms with Gasteiger partial charge in [-0.25, -0.2) is 0 Å². The number of rotatable bonds is 8. The molecule has 1 fully saturated rings. The maximum Gasteiger partial charge on any atom is 0.416 e. The standard InChI is InChI=1S/C27H30F3N3O3/c1-3-32(15-19-6-4-5-7-22(19)27(28,29)30)13-12-17(2)18-8-9-21-20(14-18)16-33(26(21)36)23-10-11-24(34)31-25(23)35/h4-9,14,17,23H,3,10-13,15-16H2,1-2H3,(H,31,34,35). The third-order valence-electron chi connectivity index (χ3n) is 7.16. The first-order valence-corrected chi connectivity index (χ1v) is 12.2. The maximum absolute atomic E-state index is 13.4. The van der Waals surface area contributed by atoms with E-state index in [1.54, 1.807) is 12.1 Å². The van der Waals surface area contributed by atoms with Crippen LogP contribution in [0.5, 0.6) is 0 Å². The molecule has 3 amide bonds. The van der Waals surface area contributed by atoms with Gasteiger partial charge in [-0.05, 0) is 60.7 Å². The molecular formula is C27H30F3N3O3. The number of alkyl halides is 3. The van der Waals surface area contributed by atoms with Gasteiger partial charge in [0.2, 0.25) is 11.8 Å². The summed E-state index contributed by atoms with van der Waals surface area (Å²) in [5.41, 5.74) is 2.12. The molecule has 192 valence electrons. The molecule has 0 saturated carbocycles. The third kappa shape index (κ3) is 5.46. The number of piperidine rings is 1. The Morgan fingerprint density at radius 2 is 1.89 bits per heavy atom. The SMILES string of the molecule is CCN(CCC(C)c1ccc2c(c1)CN(C1CCC(=O)NC1=O)C2=O)Cc1ccccc1C(F)(F)F. The Hall–Kier alpha value is -3.20. The van der Waals surface area contributed by atoms with Gasteiger partial charge >= 0.3 is 6.18 Å². The van der Waals surface area contributed by atoms with Crippen molar-refractivity contribution in [1.82, 2.24) is 15.1 Å². The van der Waals surface area contributed by atoms with Crippen molar-refractivity contribution in [3.8, 4) is 0 Å². The first-order valence-electron chi connectivity index (χ1n) is 12.2. The number of hydrogen-bond donors (Lipinski definition) is 1. The fraction of sp³-hybridized carbons (Fsp3) is 0.444. The van der Waals surface area contributed by atoms with Crippen LogP contribution in [0, 0.1) is 0 Å². The van der Waals surface area contributed by atoms with Gasteiger partial charge in [0, 0.05) is 25.1 Å². The third-order valence-corrected chi connectivity index (χ3v) is 7.16. The first-order chi connectivity index (χ1) is 17.1. The Morgan fingerprint density at radius 1 is 1.14 bits per heavy atom. The summed E-state index contributed by atoms with van der Waals surface area (Å²) >= 11 is 0. The normalized spacial score (nSPS) is 19.0. The van der Waals surface area contributed by atoms with E-state index >= 15 is 0 Å². The molecule has 1 N–H and O–H groups in total. The molecule has 0 spiro atoms. The lowest BCUT2D eigenvalue weighted by Crippen LogP contribution is -2.52. The fourth-order valence-corrected chi connectivity index (χ4v) is 4.97. The van der Waals surface area contributed by atoms with Crippen LogP contribution in [-0.4, -0.2) is 46.7 Å². The van der Waals surface area contributed by atoms with Crippen molar-refractivity contribution < 1.29 is 27.6 Å². The number of fused-ring (bicyclic) bond motifs is 1. The summed E-state index contributed by atoms with van der Waals surface area (Å²) in [7, 11) is 0. The van der Waals surface area contributed by atoms with E-state index in [4.69, 9.17) is 0 Å². The molecule has 36 heavy (non-hydrogen) atoms. The van der Waals surface area contributed by atoms with E-state index < -0.39 is 23.7 Å². The van der Waals surface area contributed by atoms with E-state index in [0.29, 0.717) is 31.6 Å². The molecule has 0 radical (unpaired) electrons. The molecule has 2 aliphatic rings. The molecule has 2 heterocycles. The summed E-state index contributed by atoms with van der Waals surface area (Å²) < 4.78 is 40.1. The molecule has 0 aromatic heterocycles. The van der Waals surface area contributed by atoms with E-state index in [-0.39, 0.29) is 36.3 Å². The molecule has 2 unspecified atom stereocenters. The molecule has 6 nitrogen and oxygen atoms in total. The van der Waals surface area contributed by atoms with Crippen LogP contribution in [0.2, 0.25) is 0 Å².